The third-order valence-corrected chi connectivity index (χ3v) is 6.54. The lowest BCUT2D eigenvalue weighted by Gasteiger charge is -2.14. The summed E-state index contributed by atoms with van der Waals surface area (Å²) >= 11 is 13.3. The number of hydrogen-bond donors (Lipinski definition) is 0. The SMILES string of the molecule is CCCc1nc2ccc(Br)cc2c(=O)n1N=Cc1cc(OC)c(OCC(=O)OC)c(Cl)c1Br. The van der Waals surface area contributed by atoms with E-state index in [1.165, 1.54) is 25.1 Å². The molecule has 0 radical (unpaired) electrons. The van der Waals surface area contributed by atoms with Crippen LogP contribution in [0.2, 0.25) is 5.02 Å². The Bertz CT molecular complexity index is 1290. The van der Waals surface area contributed by atoms with Crippen molar-refractivity contribution in [3.63, 3.8) is 0 Å². The second-order valence-corrected chi connectivity index (χ2v) is 8.88. The van der Waals surface area contributed by atoms with E-state index in [4.69, 9.17) is 21.1 Å². The van der Waals surface area contributed by atoms with E-state index < -0.39 is 5.97 Å². The molecule has 0 amide bonds. The highest BCUT2D eigenvalue weighted by Gasteiger charge is 2.18. The largest absolute Gasteiger partial charge is 0.493 e. The summed E-state index contributed by atoms with van der Waals surface area (Å²) in [5.74, 6) is 0.443. The molecule has 0 aliphatic rings. The first-order valence-electron chi connectivity index (χ1n) is 9.81. The van der Waals surface area contributed by atoms with Gasteiger partial charge in [-0.2, -0.15) is 9.78 Å². The molecule has 0 fully saturated rings. The van der Waals surface area contributed by atoms with E-state index in [0.29, 0.717) is 33.2 Å². The van der Waals surface area contributed by atoms with Gasteiger partial charge in [-0.25, -0.2) is 9.78 Å². The number of methoxy groups -OCH3 is 2. The average molecular weight is 602 g/mol. The van der Waals surface area contributed by atoms with Crippen molar-refractivity contribution < 1.29 is 19.0 Å². The highest BCUT2D eigenvalue weighted by Crippen LogP contribution is 2.42. The molecule has 0 N–H and O–H groups in total. The van der Waals surface area contributed by atoms with Crippen LogP contribution < -0.4 is 15.0 Å². The number of ether oxygens (including phenoxy) is 3. The first kappa shape index (κ1) is 25.2. The zero-order valence-corrected chi connectivity index (χ0v) is 22.0. The quantitative estimate of drug-likeness (QED) is 0.268. The van der Waals surface area contributed by atoms with Gasteiger partial charge in [-0.15, -0.1) is 0 Å². The maximum atomic E-state index is 13.2. The van der Waals surface area contributed by atoms with Gasteiger partial charge < -0.3 is 14.2 Å². The molecule has 0 saturated heterocycles. The van der Waals surface area contributed by atoms with Crippen LogP contribution in [0.5, 0.6) is 11.5 Å². The maximum Gasteiger partial charge on any atom is 0.343 e. The highest BCUT2D eigenvalue weighted by molar-refractivity contribution is 9.10. The minimum Gasteiger partial charge on any atom is -0.493 e. The number of aromatic nitrogens is 2. The summed E-state index contributed by atoms with van der Waals surface area (Å²) in [6, 6.07) is 6.98. The molecule has 0 bridgehead atoms. The Morgan fingerprint density at radius 3 is 2.70 bits per heavy atom. The van der Waals surface area contributed by atoms with Gasteiger partial charge in [0, 0.05) is 20.9 Å². The fourth-order valence-corrected chi connectivity index (χ4v) is 4.01. The summed E-state index contributed by atoms with van der Waals surface area (Å²) in [5.41, 5.74) is 0.857. The number of fused-ring (bicyclic) bond motifs is 1. The number of halogens is 3. The summed E-state index contributed by atoms with van der Waals surface area (Å²) in [6.07, 6.45) is 2.85. The van der Waals surface area contributed by atoms with E-state index in [-0.39, 0.29) is 28.7 Å². The molecule has 2 aromatic carbocycles. The van der Waals surface area contributed by atoms with Gasteiger partial charge in [-0.1, -0.05) is 34.5 Å². The number of esters is 1. The van der Waals surface area contributed by atoms with Crippen LogP contribution >= 0.6 is 43.5 Å². The Kier molecular flexibility index (Phi) is 8.50. The molecule has 8 nitrogen and oxygen atoms in total. The van der Waals surface area contributed by atoms with Gasteiger partial charge in [-0.3, -0.25) is 4.79 Å². The molecular formula is C22H20Br2ClN3O5. The lowest BCUT2D eigenvalue weighted by Crippen LogP contribution is -2.22. The van der Waals surface area contributed by atoms with E-state index in [1.54, 1.807) is 18.2 Å². The molecule has 1 heterocycles. The maximum absolute atomic E-state index is 13.2. The van der Waals surface area contributed by atoms with Crippen molar-refractivity contribution in [1.29, 1.82) is 0 Å². The smallest absolute Gasteiger partial charge is 0.343 e. The fourth-order valence-electron chi connectivity index (χ4n) is 2.99. The topological polar surface area (TPSA) is 92.0 Å². The molecule has 3 aromatic rings. The number of carbonyl (C=O) groups is 1. The number of carbonyl (C=O) groups excluding carboxylic acids is 1. The van der Waals surface area contributed by atoms with Gasteiger partial charge in [0.05, 0.1) is 31.3 Å². The van der Waals surface area contributed by atoms with Crippen LogP contribution in [0.15, 0.2) is 43.1 Å². The second kappa shape index (κ2) is 11.1. The summed E-state index contributed by atoms with van der Waals surface area (Å²) in [5, 5.41) is 5.04. The Morgan fingerprint density at radius 2 is 2.03 bits per heavy atom. The number of aryl methyl sites for hydroxylation is 1. The van der Waals surface area contributed by atoms with E-state index >= 15 is 0 Å². The second-order valence-electron chi connectivity index (χ2n) is 6.79. The van der Waals surface area contributed by atoms with E-state index in [9.17, 15) is 9.59 Å². The van der Waals surface area contributed by atoms with Crippen molar-refractivity contribution in [2.45, 2.75) is 19.8 Å². The van der Waals surface area contributed by atoms with Crippen molar-refractivity contribution in [2.24, 2.45) is 5.10 Å². The summed E-state index contributed by atoms with van der Waals surface area (Å²) in [7, 11) is 2.70. The van der Waals surface area contributed by atoms with Crippen LogP contribution in [-0.4, -0.2) is 42.7 Å². The Labute approximate surface area is 211 Å². The fraction of sp³-hybridized carbons (Fsp3) is 0.273. The number of hydrogen-bond acceptors (Lipinski definition) is 7. The molecule has 1 aromatic heterocycles. The van der Waals surface area contributed by atoms with Crippen molar-refractivity contribution >= 4 is 66.5 Å². The zero-order chi connectivity index (χ0) is 24.1. The van der Waals surface area contributed by atoms with Crippen molar-refractivity contribution in [1.82, 2.24) is 9.66 Å². The predicted molar refractivity (Wildman–Crippen MR) is 134 cm³/mol. The molecule has 33 heavy (non-hydrogen) atoms. The normalized spacial score (nSPS) is 11.2. The van der Waals surface area contributed by atoms with Gasteiger partial charge >= 0.3 is 5.97 Å². The van der Waals surface area contributed by atoms with Gasteiger partial charge in [0.15, 0.2) is 18.1 Å². The minimum atomic E-state index is -0.562. The number of nitrogens with zero attached hydrogens (tertiary/aromatic N) is 3. The summed E-state index contributed by atoms with van der Waals surface area (Å²) in [4.78, 5) is 29.2. The molecule has 11 heteroatoms. The molecule has 0 saturated carbocycles. The monoisotopic (exact) mass is 599 g/mol. The van der Waals surface area contributed by atoms with Gasteiger partial charge in [0.1, 0.15) is 10.8 Å². The van der Waals surface area contributed by atoms with E-state index in [0.717, 1.165) is 10.9 Å². The molecule has 0 unspecified atom stereocenters. The molecule has 0 aliphatic carbocycles. The molecule has 0 spiro atoms. The molecule has 174 valence electrons. The third-order valence-electron chi connectivity index (χ3n) is 4.60. The first-order valence-corrected chi connectivity index (χ1v) is 11.8. The van der Waals surface area contributed by atoms with Crippen LogP contribution in [0.1, 0.15) is 24.7 Å². The standard InChI is InChI=1S/C22H20Br2ClN3O5/c1-4-5-17-27-15-7-6-13(23)9-14(15)22(30)28(17)26-10-12-8-16(31-2)21(20(25)19(12)24)33-11-18(29)32-3/h6-10H,4-5,11H2,1-3H3. The minimum absolute atomic E-state index is 0.176. The van der Waals surface area contributed by atoms with Crippen molar-refractivity contribution in [3.8, 4) is 11.5 Å². The Hall–Kier alpha value is -2.43. The van der Waals surface area contributed by atoms with Crippen LogP contribution in [0, 0.1) is 0 Å². The van der Waals surface area contributed by atoms with Crippen LogP contribution in [0.25, 0.3) is 10.9 Å². The molecule has 0 aliphatic heterocycles. The van der Waals surface area contributed by atoms with E-state index in [2.05, 4.69) is 46.7 Å². The Balaban J connectivity index is 2.08. The molecule has 0 atom stereocenters. The first-order chi connectivity index (χ1) is 15.8. The average Bonchev–Trinajstić information content (AvgIpc) is 2.81. The van der Waals surface area contributed by atoms with Crippen molar-refractivity contribution in [2.75, 3.05) is 20.8 Å². The molecule has 3 rings (SSSR count). The van der Waals surface area contributed by atoms with Gasteiger partial charge in [-0.05, 0) is 46.6 Å². The van der Waals surface area contributed by atoms with Crippen molar-refractivity contribution in [3.05, 3.63) is 60.0 Å². The van der Waals surface area contributed by atoms with E-state index in [1.807, 2.05) is 13.0 Å². The zero-order valence-electron chi connectivity index (χ0n) is 18.0. The lowest BCUT2D eigenvalue weighted by molar-refractivity contribution is -0.142. The van der Waals surface area contributed by atoms with Crippen LogP contribution in [-0.2, 0) is 16.0 Å². The summed E-state index contributed by atoms with van der Waals surface area (Å²) < 4.78 is 17.9. The lowest BCUT2D eigenvalue weighted by atomic mass is 10.2. The Morgan fingerprint density at radius 1 is 1.27 bits per heavy atom. The van der Waals surface area contributed by atoms with Crippen LogP contribution in [0.3, 0.4) is 0 Å². The highest BCUT2D eigenvalue weighted by atomic mass is 79.9. The van der Waals surface area contributed by atoms with Crippen LogP contribution in [0.4, 0.5) is 0 Å². The summed E-state index contributed by atoms with van der Waals surface area (Å²) in [6.45, 7) is 1.67. The molecular weight excluding hydrogens is 582 g/mol. The van der Waals surface area contributed by atoms with Gasteiger partial charge in [0.2, 0.25) is 0 Å². The number of benzene rings is 2. The predicted octanol–water partition coefficient (Wildman–Crippen LogP) is 4.97. The third kappa shape index (κ3) is 5.56. The number of rotatable bonds is 8. The van der Waals surface area contributed by atoms with Gasteiger partial charge in [0.25, 0.3) is 5.56 Å².